The number of carbonyl (C=O) groups is 1. The predicted octanol–water partition coefficient (Wildman–Crippen LogP) is 1.52. The number of benzene rings is 1. The normalized spacial score (nSPS) is 13.4. The fourth-order valence-electron chi connectivity index (χ4n) is 0.888. The van der Waals surface area contributed by atoms with Crippen LogP contribution in [0.25, 0.3) is 0 Å². The third kappa shape index (κ3) is 3.19. The Hall–Kier alpha value is -1.11. The zero-order valence-electron chi connectivity index (χ0n) is 8.25. The highest BCUT2D eigenvalue weighted by Gasteiger charge is 2.23. The molecular weight excluding hydrogens is 256 g/mol. The van der Waals surface area contributed by atoms with Crippen LogP contribution in [-0.2, 0) is 19.1 Å². The molecule has 88 valence electrons. The van der Waals surface area contributed by atoms with Crippen molar-refractivity contribution in [2.75, 3.05) is 0 Å². The molecule has 1 atom stereocenters. The molecule has 0 bridgehead atoms. The summed E-state index contributed by atoms with van der Waals surface area (Å²) in [5.41, 5.74) is 0. The van der Waals surface area contributed by atoms with Crippen molar-refractivity contribution in [2.45, 2.75) is 17.9 Å². The average Bonchev–Trinajstić information content (AvgIpc) is 2.17. The molecule has 0 radical (unpaired) electrons. The van der Waals surface area contributed by atoms with Crippen LogP contribution in [0.4, 0.5) is 0 Å². The SMILES string of the molecule is CC(OS(=O)(=O)c1ccc(Cl)cc1)C(=O)O. The number of aliphatic carboxylic acids is 1. The fraction of sp³-hybridized carbons (Fsp3) is 0.222. The molecule has 0 saturated carbocycles. The molecular formula is C9H9ClO5S. The van der Waals surface area contributed by atoms with Crippen molar-refractivity contribution in [3.8, 4) is 0 Å². The van der Waals surface area contributed by atoms with Crippen LogP contribution in [0.5, 0.6) is 0 Å². The van der Waals surface area contributed by atoms with Gasteiger partial charge in [0.2, 0.25) is 0 Å². The second-order valence-corrected chi connectivity index (χ2v) is 4.99. The smallest absolute Gasteiger partial charge is 0.334 e. The maximum Gasteiger partial charge on any atom is 0.334 e. The Bertz CT molecular complexity index is 479. The van der Waals surface area contributed by atoms with E-state index in [4.69, 9.17) is 16.7 Å². The van der Waals surface area contributed by atoms with Crippen LogP contribution in [0, 0.1) is 0 Å². The van der Waals surface area contributed by atoms with Gasteiger partial charge in [0.05, 0.1) is 4.90 Å². The van der Waals surface area contributed by atoms with Crippen LogP contribution < -0.4 is 0 Å². The second kappa shape index (κ2) is 4.82. The molecule has 5 nitrogen and oxygen atoms in total. The zero-order chi connectivity index (χ0) is 12.3. The minimum Gasteiger partial charge on any atom is -0.479 e. The van der Waals surface area contributed by atoms with Gasteiger partial charge in [-0.1, -0.05) is 11.6 Å². The van der Waals surface area contributed by atoms with E-state index in [0.29, 0.717) is 5.02 Å². The second-order valence-electron chi connectivity index (χ2n) is 2.98. The molecule has 0 saturated heterocycles. The Labute approximate surface area is 97.7 Å². The Kier molecular flexibility index (Phi) is 3.90. The predicted molar refractivity (Wildman–Crippen MR) is 56.8 cm³/mol. The summed E-state index contributed by atoms with van der Waals surface area (Å²) in [7, 11) is -4.06. The highest BCUT2D eigenvalue weighted by molar-refractivity contribution is 7.86. The van der Waals surface area contributed by atoms with Crippen molar-refractivity contribution in [1.82, 2.24) is 0 Å². The van der Waals surface area contributed by atoms with E-state index >= 15 is 0 Å². The molecule has 0 amide bonds. The Morgan fingerprint density at radius 2 is 1.88 bits per heavy atom. The Morgan fingerprint density at radius 1 is 1.38 bits per heavy atom. The van der Waals surface area contributed by atoms with Gasteiger partial charge < -0.3 is 5.11 Å². The van der Waals surface area contributed by atoms with Crippen LogP contribution in [-0.4, -0.2) is 25.6 Å². The molecule has 0 aliphatic carbocycles. The van der Waals surface area contributed by atoms with Crippen LogP contribution in [0.1, 0.15) is 6.92 Å². The zero-order valence-corrected chi connectivity index (χ0v) is 9.83. The van der Waals surface area contributed by atoms with Crippen molar-refractivity contribution in [2.24, 2.45) is 0 Å². The van der Waals surface area contributed by atoms with Gasteiger partial charge >= 0.3 is 5.97 Å². The first-order valence-electron chi connectivity index (χ1n) is 4.24. The average molecular weight is 265 g/mol. The van der Waals surface area contributed by atoms with Crippen molar-refractivity contribution in [3.63, 3.8) is 0 Å². The van der Waals surface area contributed by atoms with Crippen LogP contribution >= 0.6 is 11.6 Å². The largest absolute Gasteiger partial charge is 0.479 e. The molecule has 1 aromatic rings. The standard InChI is InChI=1S/C9H9ClO5S/c1-6(9(11)12)15-16(13,14)8-4-2-7(10)3-5-8/h2-6H,1H3,(H,11,12). The summed E-state index contributed by atoms with van der Waals surface area (Å²) in [5.74, 6) is -1.35. The lowest BCUT2D eigenvalue weighted by atomic mass is 10.4. The Balaban J connectivity index is 2.94. The van der Waals surface area contributed by atoms with E-state index in [0.717, 1.165) is 6.92 Å². The van der Waals surface area contributed by atoms with E-state index in [1.807, 2.05) is 0 Å². The van der Waals surface area contributed by atoms with E-state index in [1.54, 1.807) is 0 Å². The van der Waals surface area contributed by atoms with E-state index in [2.05, 4.69) is 4.18 Å². The quantitative estimate of drug-likeness (QED) is 0.834. The van der Waals surface area contributed by atoms with Gasteiger partial charge in [-0.15, -0.1) is 0 Å². The summed E-state index contributed by atoms with van der Waals surface area (Å²) in [4.78, 5) is 10.3. The van der Waals surface area contributed by atoms with E-state index in [-0.39, 0.29) is 4.90 Å². The summed E-state index contributed by atoms with van der Waals surface area (Å²) in [5, 5.41) is 8.91. The molecule has 0 aliphatic heterocycles. The van der Waals surface area contributed by atoms with Crippen molar-refractivity contribution in [3.05, 3.63) is 29.3 Å². The number of hydrogen-bond acceptors (Lipinski definition) is 4. The highest BCUT2D eigenvalue weighted by Crippen LogP contribution is 2.17. The fourth-order valence-corrected chi connectivity index (χ4v) is 2.06. The van der Waals surface area contributed by atoms with Gasteiger partial charge in [-0.25, -0.2) is 4.79 Å². The van der Waals surface area contributed by atoms with E-state index in [1.165, 1.54) is 24.3 Å². The van der Waals surface area contributed by atoms with Gasteiger partial charge in [0.25, 0.3) is 10.1 Å². The lowest BCUT2D eigenvalue weighted by Gasteiger charge is -2.08. The first-order chi connectivity index (χ1) is 7.33. The summed E-state index contributed by atoms with van der Waals surface area (Å²) in [6.07, 6.45) is -1.43. The van der Waals surface area contributed by atoms with Gasteiger partial charge in [-0.2, -0.15) is 8.42 Å². The number of carboxylic acid groups (broad SMARTS) is 1. The van der Waals surface area contributed by atoms with Crippen molar-refractivity contribution in [1.29, 1.82) is 0 Å². The first-order valence-corrected chi connectivity index (χ1v) is 6.03. The summed E-state index contributed by atoms with van der Waals surface area (Å²) < 4.78 is 27.5. The monoisotopic (exact) mass is 264 g/mol. The van der Waals surface area contributed by atoms with Gasteiger partial charge in [0.15, 0.2) is 6.10 Å². The lowest BCUT2D eigenvalue weighted by Crippen LogP contribution is -2.23. The molecule has 1 N–H and O–H groups in total. The third-order valence-electron chi connectivity index (χ3n) is 1.72. The maximum absolute atomic E-state index is 11.5. The van der Waals surface area contributed by atoms with E-state index in [9.17, 15) is 13.2 Å². The third-order valence-corrected chi connectivity index (χ3v) is 3.36. The molecule has 16 heavy (non-hydrogen) atoms. The molecule has 0 aromatic heterocycles. The molecule has 0 aliphatic rings. The topological polar surface area (TPSA) is 80.7 Å². The van der Waals surface area contributed by atoms with Gasteiger partial charge in [-0.3, -0.25) is 4.18 Å². The number of halogens is 1. The molecule has 0 spiro atoms. The molecule has 1 rings (SSSR count). The van der Waals surface area contributed by atoms with E-state index < -0.39 is 22.2 Å². The summed E-state index contributed by atoms with van der Waals surface area (Å²) in [6.45, 7) is 1.13. The van der Waals surface area contributed by atoms with Gasteiger partial charge in [0.1, 0.15) is 0 Å². The first kappa shape index (κ1) is 13.0. The van der Waals surface area contributed by atoms with Crippen LogP contribution in [0.15, 0.2) is 29.2 Å². The molecule has 7 heteroatoms. The van der Waals surface area contributed by atoms with Gasteiger partial charge in [0, 0.05) is 5.02 Å². The minimum absolute atomic E-state index is 0.134. The minimum atomic E-state index is -4.06. The van der Waals surface area contributed by atoms with Crippen molar-refractivity contribution >= 4 is 27.7 Å². The molecule has 1 unspecified atom stereocenters. The van der Waals surface area contributed by atoms with Crippen LogP contribution in [0.3, 0.4) is 0 Å². The molecule has 1 aromatic carbocycles. The number of carboxylic acids is 1. The summed E-state index contributed by atoms with van der Waals surface area (Å²) in [6, 6.07) is 5.24. The Morgan fingerprint density at radius 3 is 2.31 bits per heavy atom. The summed E-state index contributed by atoms with van der Waals surface area (Å²) >= 11 is 5.59. The van der Waals surface area contributed by atoms with Crippen LogP contribution in [0.2, 0.25) is 5.02 Å². The lowest BCUT2D eigenvalue weighted by molar-refractivity contribution is -0.144. The van der Waals surface area contributed by atoms with Crippen molar-refractivity contribution < 1.29 is 22.5 Å². The van der Waals surface area contributed by atoms with Gasteiger partial charge in [-0.05, 0) is 31.2 Å². The maximum atomic E-state index is 11.5. The number of rotatable bonds is 4. The number of hydrogen-bond donors (Lipinski definition) is 1. The molecule has 0 heterocycles. The highest BCUT2D eigenvalue weighted by atomic mass is 35.5. The molecule has 0 fully saturated rings.